The van der Waals surface area contributed by atoms with E-state index in [1.54, 1.807) is 0 Å². The van der Waals surface area contributed by atoms with Crippen LogP contribution >= 0.6 is 11.6 Å². The van der Waals surface area contributed by atoms with Crippen molar-refractivity contribution >= 4 is 67.7 Å². The molecule has 4 rings (SSSR count). The quantitative estimate of drug-likeness (QED) is 0.111. The molecule has 0 aliphatic heterocycles. The standard InChI is InChI=1S/C22H16ClFN8O7S/c1-11-8-14(6-7-19(11)40(37,38)39)27-22-29-20(23)28-21(30-22)26-13-4-2-12(3-5-13)25-16-9-15(24)17(31(33)34)10-18(16)32(35)36/h2-10,25H,1H3,(H,37,38,39)(H2,26,27,28,29,30). The van der Waals surface area contributed by atoms with Crippen molar-refractivity contribution < 1.29 is 27.2 Å². The third kappa shape index (κ3) is 6.52. The van der Waals surface area contributed by atoms with Gasteiger partial charge in [-0.05, 0) is 66.6 Å². The monoisotopic (exact) mass is 590 g/mol. The van der Waals surface area contributed by atoms with E-state index in [-0.39, 0.29) is 33.3 Å². The number of rotatable bonds is 9. The maximum absolute atomic E-state index is 14.1. The zero-order valence-corrected chi connectivity index (χ0v) is 21.6. The highest BCUT2D eigenvalue weighted by molar-refractivity contribution is 7.85. The molecule has 18 heteroatoms. The summed E-state index contributed by atoms with van der Waals surface area (Å²) in [6, 6.07) is 11.3. The summed E-state index contributed by atoms with van der Waals surface area (Å²) >= 11 is 6.01. The van der Waals surface area contributed by atoms with Gasteiger partial charge in [-0.15, -0.1) is 0 Å². The fourth-order valence-corrected chi connectivity index (χ4v) is 4.34. The molecule has 0 unspecified atom stereocenters. The van der Waals surface area contributed by atoms with Crippen LogP contribution in [0.2, 0.25) is 5.28 Å². The van der Waals surface area contributed by atoms with Crippen LogP contribution in [-0.2, 0) is 10.1 Å². The molecule has 15 nitrogen and oxygen atoms in total. The number of nitrogens with zero attached hydrogens (tertiary/aromatic N) is 5. The van der Waals surface area contributed by atoms with Gasteiger partial charge in [0.1, 0.15) is 5.69 Å². The molecule has 0 atom stereocenters. The number of nitrogens with one attached hydrogen (secondary N) is 3. The fraction of sp³-hybridized carbons (Fsp3) is 0.0455. The van der Waals surface area contributed by atoms with Crippen molar-refractivity contribution in [2.24, 2.45) is 0 Å². The van der Waals surface area contributed by atoms with Crippen LogP contribution in [0.5, 0.6) is 0 Å². The molecule has 0 saturated carbocycles. The largest absolute Gasteiger partial charge is 0.350 e. The Kier molecular flexibility index (Phi) is 7.71. The molecule has 0 bridgehead atoms. The number of nitro benzene ring substituents is 2. The van der Waals surface area contributed by atoms with Gasteiger partial charge in [-0.3, -0.25) is 24.8 Å². The Hall–Kier alpha value is -5.00. The number of halogens is 2. The predicted octanol–water partition coefficient (Wildman–Crippen LogP) is 5.27. The first-order valence-electron chi connectivity index (χ1n) is 10.8. The van der Waals surface area contributed by atoms with Crippen molar-refractivity contribution in [3.05, 3.63) is 91.5 Å². The number of benzene rings is 3. The Labute approximate surface area is 229 Å². The molecule has 1 aromatic heterocycles. The molecule has 0 aliphatic carbocycles. The maximum atomic E-state index is 14.1. The van der Waals surface area contributed by atoms with Crippen LogP contribution in [0.3, 0.4) is 0 Å². The first-order chi connectivity index (χ1) is 18.8. The molecule has 4 N–H and O–H groups in total. The van der Waals surface area contributed by atoms with Gasteiger partial charge in [0.2, 0.25) is 23.0 Å². The summed E-state index contributed by atoms with van der Waals surface area (Å²) in [4.78, 5) is 32.2. The molecular formula is C22H16ClFN8O7S. The lowest BCUT2D eigenvalue weighted by molar-refractivity contribution is -0.395. The number of aryl methyl sites for hydroxylation is 1. The molecule has 40 heavy (non-hydrogen) atoms. The molecule has 0 saturated heterocycles. The summed E-state index contributed by atoms with van der Waals surface area (Å²) in [5, 5.41) is 30.5. The SMILES string of the molecule is Cc1cc(Nc2nc(Cl)nc(Nc3ccc(Nc4cc(F)c([N+](=O)[O-])cc4[N+](=O)[O-])cc3)n2)ccc1S(=O)(=O)O. The lowest BCUT2D eigenvalue weighted by Gasteiger charge is -2.11. The van der Waals surface area contributed by atoms with Crippen LogP contribution in [0, 0.1) is 33.0 Å². The zero-order valence-electron chi connectivity index (χ0n) is 20.0. The van der Waals surface area contributed by atoms with E-state index < -0.39 is 37.2 Å². The Balaban J connectivity index is 1.51. The summed E-state index contributed by atoms with van der Waals surface area (Å²) in [5.74, 6) is -1.19. The van der Waals surface area contributed by atoms with Crippen LogP contribution in [0.25, 0.3) is 0 Å². The highest BCUT2D eigenvalue weighted by Crippen LogP contribution is 2.34. The molecule has 0 aliphatic rings. The highest BCUT2D eigenvalue weighted by Gasteiger charge is 2.25. The fourth-order valence-electron chi connectivity index (χ4n) is 3.47. The molecule has 1 heterocycles. The van der Waals surface area contributed by atoms with E-state index in [2.05, 4.69) is 30.9 Å². The van der Waals surface area contributed by atoms with Gasteiger partial charge < -0.3 is 16.0 Å². The molecule has 0 radical (unpaired) electrons. The lowest BCUT2D eigenvalue weighted by atomic mass is 10.2. The molecule has 3 aromatic carbocycles. The maximum Gasteiger partial charge on any atom is 0.311 e. The second-order valence-electron chi connectivity index (χ2n) is 7.99. The van der Waals surface area contributed by atoms with Crippen LogP contribution in [0.4, 0.5) is 50.4 Å². The predicted molar refractivity (Wildman–Crippen MR) is 142 cm³/mol. The number of aromatic nitrogens is 3. The van der Waals surface area contributed by atoms with Gasteiger partial charge in [0.05, 0.1) is 20.8 Å². The molecule has 0 amide bonds. The van der Waals surface area contributed by atoms with E-state index in [0.717, 1.165) is 0 Å². The summed E-state index contributed by atoms with van der Waals surface area (Å²) in [7, 11) is -4.38. The van der Waals surface area contributed by atoms with E-state index in [1.807, 2.05) is 0 Å². The third-order valence-corrected chi connectivity index (χ3v) is 6.38. The minimum Gasteiger partial charge on any atom is -0.350 e. The van der Waals surface area contributed by atoms with Gasteiger partial charge >= 0.3 is 5.69 Å². The second kappa shape index (κ2) is 11.0. The van der Waals surface area contributed by atoms with E-state index in [9.17, 15) is 37.6 Å². The van der Waals surface area contributed by atoms with Crippen molar-refractivity contribution in [2.45, 2.75) is 11.8 Å². The Morgan fingerprint density at radius 1 is 0.825 bits per heavy atom. The number of hydrogen-bond acceptors (Lipinski definition) is 12. The molecule has 206 valence electrons. The second-order valence-corrected chi connectivity index (χ2v) is 9.72. The smallest absolute Gasteiger partial charge is 0.311 e. The Morgan fingerprint density at radius 3 is 1.88 bits per heavy atom. The van der Waals surface area contributed by atoms with Gasteiger partial charge in [-0.1, -0.05) is 0 Å². The summed E-state index contributed by atoms with van der Waals surface area (Å²) in [6.07, 6.45) is 0. The van der Waals surface area contributed by atoms with E-state index in [0.29, 0.717) is 29.2 Å². The number of hydrogen-bond donors (Lipinski definition) is 4. The van der Waals surface area contributed by atoms with Gasteiger partial charge in [0.25, 0.3) is 15.8 Å². The lowest BCUT2D eigenvalue weighted by Crippen LogP contribution is -2.05. The summed E-state index contributed by atoms with van der Waals surface area (Å²) in [6.45, 7) is 1.50. The molecular weight excluding hydrogens is 575 g/mol. The normalized spacial score (nSPS) is 11.1. The molecule has 4 aromatic rings. The third-order valence-electron chi connectivity index (χ3n) is 5.20. The average molecular weight is 591 g/mol. The van der Waals surface area contributed by atoms with Crippen molar-refractivity contribution in [1.29, 1.82) is 0 Å². The minimum atomic E-state index is -4.38. The van der Waals surface area contributed by atoms with Gasteiger partial charge in [0.15, 0.2) is 0 Å². The first-order valence-corrected chi connectivity index (χ1v) is 12.6. The van der Waals surface area contributed by atoms with Gasteiger partial charge in [-0.25, -0.2) is 0 Å². The van der Waals surface area contributed by atoms with E-state index >= 15 is 0 Å². The zero-order chi connectivity index (χ0) is 29.2. The van der Waals surface area contributed by atoms with Crippen molar-refractivity contribution in [1.82, 2.24) is 15.0 Å². The molecule has 0 spiro atoms. The average Bonchev–Trinajstić information content (AvgIpc) is 2.84. The van der Waals surface area contributed by atoms with Crippen molar-refractivity contribution in [3.8, 4) is 0 Å². The summed E-state index contributed by atoms with van der Waals surface area (Å²) in [5.41, 5.74) is -0.538. The Bertz CT molecular complexity index is 1760. The van der Waals surface area contributed by atoms with E-state index in [4.69, 9.17) is 11.6 Å². The topological polar surface area (TPSA) is 215 Å². The van der Waals surface area contributed by atoms with E-state index in [1.165, 1.54) is 49.4 Å². The van der Waals surface area contributed by atoms with Gasteiger partial charge in [-0.2, -0.15) is 27.8 Å². The van der Waals surface area contributed by atoms with Crippen LogP contribution < -0.4 is 16.0 Å². The van der Waals surface area contributed by atoms with Crippen LogP contribution in [0.15, 0.2) is 59.5 Å². The van der Waals surface area contributed by atoms with Crippen LogP contribution in [0.1, 0.15) is 5.56 Å². The summed E-state index contributed by atoms with van der Waals surface area (Å²) < 4.78 is 46.1. The van der Waals surface area contributed by atoms with Gasteiger partial charge in [0, 0.05) is 23.1 Å². The highest BCUT2D eigenvalue weighted by atomic mass is 35.5. The van der Waals surface area contributed by atoms with Crippen molar-refractivity contribution in [2.75, 3.05) is 16.0 Å². The van der Waals surface area contributed by atoms with Crippen molar-refractivity contribution in [3.63, 3.8) is 0 Å². The minimum absolute atomic E-state index is 0.0206. The molecule has 0 fully saturated rings. The first kappa shape index (κ1) is 28.0. The Morgan fingerprint density at radius 2 is 1.35 bits per heavy atom. The number of anilines is 6. The number of nitro groups is 2. The van der Waals surface area contributed by atoms with Crippen LogP contribution in [-0.4, -0.2) is 37.8 Å².